The number of nitrogens with zero attached hydrogens (tertiary/aromatic N) is 7. The fraction of sp³-hybridized carbons (Fsp3) is 0.412. The molecule has 0 aliphatic carbocycles. The Bertz CT molecular complexity index is 1920. The van der Waals surface area contributed by atoms with Gasteiger partial charge in [0.2, 0.25) is 12.1 Å². The predicted molar refractivity (Wildman–Crippen MR) is 191 cm³/mol. The third-order valence-corrected chi connectivity index (χ3v) is 9.76. The van der Waals surface area contributed by atoms with E-state index in [2.05, 4.69) is 56.2 Å². The van der Waals surface area contributed by atoms with Crippen molar-refractivity contribution in [1.29, 1.82) is 0 Å². The van der Waals surface area contributed by atoms with Crippen molar-refractivity contribution < 1.29 is 5.11 Å². The zero-order valence-electron chi connectivity index (χ0n) is 27.0. The Kier molecular flexibility index (Phi) is 8.36. The Hall–Kier alpha value is -3.93. The van der Waals surface area contributed by atoms with Gasteiger partial charge in [-0.2, -0.15) is 4.99 Å². The monoisotopic (exact) mass is 626 g/mol. The van der Waals surface area contributed by atoms with Crippen LogP contribution in [-0.2, 0) is 6.54 Å². The number of rotatable bonds is 10. The van der Waals surface area contributed by atoms with Gasteiger partial charge in [-0.15, -0.1) is 0 Å². The van der Waals surface area contributed by atoms with E-state index < -0.39 is 6.17 Å². The molecule has 1 aliphatic rings. The summed E-state index contributed by atoms with van der Waals surface area (Å²) in [4.78, 5) is 22.0. The molecular formula is C34H44N9OS+. The number of nitrogen functional groups attached to an aromatic ring is 2. The molecule has 0 saturated carbocycles. The summed E-state index contributed by atoms with van der Waals surface area (Å²) in [6, 6.07) is 16.2. The quantitative estimate of drug-likeness (QED) is 0.149. The summed E-state index contributed by atoms with van der Waals surface area (Å²) in [5, 5.41) is 14.4. The molecule has 1 aliphatic heterocycles. The van der Waals surface area contributed by atoms with Gasteiger partial charge in [-0.25, -0.2) is 19.4 Å². The van der Waals surface area contributed by atoms with E-state index in [9.17, 15) is 5.11 Å². The average Bonchev–Trinajstić information content (AvgIpc) is 3.53. The Balaban J connectivity index is 1.65. The molecule has 4 heterocycles. The van der Waals surface area contributed by atoms with Crippen molar-refractivity contribution in [2.45, 2.75) is 53.8 Å². The predicted octanol–water partition coefficient (Wildman–Crippen LogP) is 6.52. The van der Waals surface area contributed by atoms with Crippen molar-refractivity contribution in [2.75, 3.05) is 42.3 Å². The molecule has 6 rings (SSSR count). The zero-order valence-corrected chi connectivity index (χ0v) is 27.8. The van der Waals surface area contributed by atoms with Gasteiger partial charge < -0.3 is 21.1 Å². The number of benzene rings is 2. The standard InChI is InChI=1S/C34H44N9OS/c1-7-16-45-34-40-28-30(23-13-9-11-15-25(23)38-32(28)36)43(34,18-21(4)5)26(19-44)41(6)33-39-27-29(42(33)17-20(2)3)22-12-8-10-14-24(22)37-31(27)35/h8-15,20-21,26,44H,7,16-19H2,1-6H3,(H2,35,37)(H2,36,38)/q+1. The highest BCUT2D eigenvalue weighted by Gasteiger charge is 2.54. The summed E-state index contributed by atoms with van der Waals surface area (Å²) < 4.78 is 2.57. The van der Waals surface area contributed by atoms with Crippen LogP contribution in [0.2, 0.25) is 0 Å². The fourth-order valence-corrected chi connectivity index (χ4v) is 7.89. The summed E-state index contributed by atoms with van der Waals surface area (Å²) >= 11 is 1.73. The second-order valence-electron chi connectivity index (χ2n) is 12.8. The van der Waals surface area contributed by atoms with Crippen LogP contribution in [-0.4, -0.2) is 61.9 Å². The van der Waals surface area contributed by atoms with Crippen molar-refractivity contribution in [3.05, 3.63) is 48.5 Å². The lowest BCUT2D eigenvalue weighted by molar-refractivity contribution is 0.174. The van der Waals surface area contributed by atoms with Crippen LogP contribution in [0, 0.1) is 11.8 Å². The maximum absolute atomic E-state index is 11.5. The molecule has 0 amide bonds. The van der Waals surface area contributed by atoms with Crippen molar-refractivity contribution in [1.82, 2.24) is 24.0 Å². The van der Waals surface area contributed by atoms with Crippen molar-refractivity contribution in [2.24, 2.45) is 16.8 Å². The summed E-state index contributed by atoms with van der Waals surface area (Å²) in [6.45, 7) is 12.3. The number of nitrogens with two attached hydrogens (primary N) is 2. The highest BCUT2D eigenvalue weighted by molar-refractivity contribution is 8.14. The molecule has 45 heavy (non-hydrogen) atoms. The number of aliphatic hydroxyl groups is 1. The molecule has 2 unspecified atom stereocenters. The smallest absolute Gasteiger partial charge is 0.271 e. The van der Waals surface area contributed by atoms with Gasteiger partial charge in [0.05, 0.1) is 28.5 Å². The second-order valence-corrected chi connectivity index (χ2v) is 13.9. The van der Waals surface area contributed by atoms with Crippen LogP contribution < -0.4 is 20.9 Å². The number of aromatic nitrogens is 4. The van der Waals surface area contributed by atoms with E-state index in [0.29, 0.717) is 46.3 Å². The number of likely N-dealkylation sites (N-methyl/N-ethyl adjacent to an activating group) is 1. The summed E-state index contributed by atoms with van der Waals surface area (Å²) in [5.41, 5.74) is 18.2. The van der Waals surface area contributed by atoms with Crippen LogP contribution in [0.25, 0.3) is 32.8 Å². The van der Waals surface area contributed by atoms with Gasteiger partial charge in [0.25, 0.3) is 5.17 Å². The van der Waals surface area contributed by atoms with E-state index in [0.717, 1.165) is 56.3 Å². The van der Waals surface area contributed by atoms with Crippen LogP contribution in [0.1, 0.15) is 41.0 Å². The number of aliphatic hydroxyl groups excluding tert-OH is 1. The topological polar surface area (TPSA) is 131 Å². The number of para-hydroxylation sites is 2. The Labute approximate surface area is 268 Å². The van der Waals surface area contributed by atoms with Crippen molar-refractivity contribution in [3.63, 3.8) is 0 Å². The molecule has 0 spiro atoms. The first-order valence-corrected chi connectivity index (χ1v) is 16.8. The van der Waals surface area contributed by atoms with Crippen molar-refractivity contribution >= 4 is 78.7 Å². The van der Waals surface area contributed by atoms with Crippen LogP contribution in [0.5, 0.6) is 0 Å². The third-order valence-electron chi connectivity index (χ3n) is 8.48. The number of aliphatic imine (C=N–C) groups is 1. The van der Waals surface area contributed by atoms with E-state index in [4.69, 9.17) is 31.4 Å². The van der Waals surface area contributed by atoms with E-state index in [1.807, 2.05) is 43.4 Å². The lowest BCUT2D eigenvalue weighted by atomic mass is 10.1. The molecular weight excluding hydrogens is 583 g/mol. The van der Waals surface area contributed by atoms with Gasteiger partial charge in [0.1, 0.15) is 12.1 Å². The van der Waals surface area contributed by atoms with Gasteiger partial charge in [0, 0.05) is 30.6 Å². The minimum atomic E-state index is -0.481. The average molecular weight is 627 g/mol. The number of amidine groups is 1. The third kappa shape index (κ3) is 5.07. The molecule has 2 aromatic carbocycles. The first-order chi connectivity index (χ1) is 21.6. The zero-order chi connectivity index (χ0) is 32.0. The lowest BCUT2D eigenvalue weighted by Gasteiger charge is -2.45. The fourth-order valence-electron chi connectivity index (χ4n) is 6.83. The first-order valence-electron chi connectivity index (χ1n) is 15.8. The lowest BCUT2D eigenvalue weighted by Crippen LogP contribution is -2.67. The van der Waals surface area contributed by atoms with Crippen LogP contribution in [0.15, 0.2) is 53.5 Å². The first kappa shape index (κ1) is 31.1. The SMILES string of the molecule is CCCSC1=Nc2c(N)nc3ccccc3c2[N+]1(CC(C)C)C(CO)N(C)c1nc2c(N)nc3ccccc3c2n1CC(C)C. The van der Waals surface area contributed by atoms with Crippen LogP contribution in [0.4, 0.5) is 29.0 Å². The van der Waals surface area contributed by atoms with Gasteiger partial charge >= 0.3 is 0 Å². The molecule has 0 bridgehead atoms. The molecule has 0 fully saturated rings. The normalized spacial score (nSPS) is 17.1. The molecule has 3 aromatic heterocycles. The summed E-state index contributed by atoms with van der Waals surface area (Å²) in [6.07, 6.45) is 0.504. The molecule has 10 nitrogen and oxygen atoms in total. The number of quaternary nitrogens is 1. The molecule has 5 N–H and O–H groups in total. The number of pyridine rings is 2. The maximum atomic E-state index is 11.5. The Morgan fingerprint density at radius 2 is 1.56 bits per heavy atom. The molecule has 0 radical (unpaired) electrons. The number of fused-ring (bicyclic) bond motifs is 6. The van der Waals surface area contributed by atoms with Gasteiger partial charge in [-0.3, -0.25) is 4.90 Å². The van der Waals surface area contributed by atoms with Crippen LogP contribution in [0.3, 0.4) is 0 Å². The largest absolute Gasteiger partial charge is 0.388 e. The number of imidazole rings is 1. The minimum Gasteiger partial charge on any atom is -0.388 e. The van der Waals surface area contributed by atoms with Crippen molar-refractivity contribution in [3.8, 4) is 0 Å². The number of hydrogen-bond donors (Lipinski definition) is 3. The highest BCUT2D eigenvalue weighted by atomic mass is 32.2. The van der Waals surface area contributed by atoms with Crippen LogP contribution >= 0.6 is 11.8 Å². The van der Waals surface area contributed by atoms with Gasteiger partial charge in [0.15, 0.2) is 23.0 Å². The van der Waals surface area contributed by atoms with E-state index in [1.165, 1.54) is 0 Å². The second kappa shape index (κ2) is 12.1. The molecule has 5 aromatic rings. The number of thioether (sulfide) groups is 1. The molecule has 11 heteroatoms. The molecule has 2 atom stereocenters. The van der Waals surface area contributed by atoms with E-state index in [-0.39, 0.29) is 12.5 Å². The summed E-state index contributed by atoms with van der Waals surface area (Å²) in [5.74, 6) is 3.00. The van der Waals surface area contributed by atoms with Gasteiger partial charge in [-0.1, -0.05) is 65.0 Å². The minimum absolute atomic E-state index is 0.149. The molecule has 0 saturated heterocycles. The number of hydrogen-bond acceptors (Lipinski definition) is 9. The Morgan fingerprint density at radius 3 is 2.20 bits per heavy atom. The Morgan fingerprint density at radius 1 is 0.911 bits per heavy atom. The molecule has 236 valence electrons. The van der Waals surface area contributed by atoms with E-state index >= 15 is 0 Å². The summed E-state index contributed by atoms with van der Waals surface area (Å²) in [7, 11) is 2.03. The van der Waals surface area contributed by atoms with Gasteiger partial charge in [-0.05, 0) is 42.3 Å². The highest BCUT2D eigenvalue weighted by Crippen LogP contribution is 2.52. The maximum Gasteiger partial charge on any atom is 0.271 e. The number of anilines is 3. The van der Waals surface area contributed by atoms with E-state index in [1.54, 1.807) is 11.8 Å².